The van der Waals surface area contributed by atoms with Crippen LogP contribution in [0.25, 0.3) is 5.69 Å². The second kappa shape index (κ2) is 12.5. The van der Waals surface area contributed by atoms with E-state index in [1.165, 1.54) is 5.69 Å². The lowest BCUT2D eigenvalue weighted by molar-refractivity contribution is -0.134. The van der Waals surface area contributed by atoms with Gasteiger partial charge >= 0.3 is 0 Å². The van der Waals surface area contributed by atoms with E-state index in [-0.39, 0.29) is 11.3 Å². The molecule has 5 rings (SSSR count). The first-order chi connectivity index (χ1) is 19.0. The SMILES string of the molecule is CN(Cc1ccccc1)C(=O)CC1(COc2ccccc2)CCN(Cc2cccn2-c2ccccc2Cl)CC1. The first kappa shape index (κ1) is 27.0. The number of hydrogen-bond acceptors (Lipinski definition) is 3. The van der Waals surface area contributed by atoms with Gasteiger partial charge in [0.1, 0.15) is 5.75 Å². The fraction of sp³-hybridized carbons (Fsp3) is 0.303. The number of ether oxygens (including phenoxy) is 1. The Morgan fingerprint density at radius 1 is 0.897 bits per heavy atom. The maximum absolute atomic E-state index is 13.4. The van der Waals surface area contributed by atoms with Gasteiger partial charge in [0.25, 0.3) is 0 Å². The number of carbonyl (C=O) groups is 1. The highest BCUT2D eigenvalue weighted by Crippen LogP contribution is 2.37. The molecule has 202 valence electrons. The van der Waals surface area contributed by atoms with Crippen LogP contribution in [0.4, 0.5) is 0 Å². The van der Waals surface area contributed by atoms with Crippen LogP contribution in [0.1, 0.15) is 30.5 Å². The first-order valence-corrected chi connectivity index (χ1v) is 14.0. The van der Waals surface area contributed by atoms with Crippen LogP contribution in [-0.2, 0) is 17.9 Å². The van der Waals surface area contributed by atoms with Crippen LogP contribution in [-0.4, -0.2) is 47.0 Å². The van der Waals surface area contributed by atoms with Crippen molar-refractivity contribution < 1.29 is 9.53 Å². The molecule has 0 unspecified atom stereocenters. The normalized spacial score (nSPS) is 15.1. The lowest BCUT2D eigenvalue weighted by Crippen LogP contribution is -2.45. The Hall–Kier alpha value is -3.54. The third kappa shape index (κ3) is 6.92. The molecule has 2 heterocycles. The van der Waals surface area contributed by atoms with E-state index in [9.17, 15) is 4.79 Å². The van der Waals surface area contributed by atoms with Gasteiger partial charge in [-0.15, -0.1) is 0 Å². The molecule has 0 N–H and O–H groups in total. The van der Waals surface area contributed by atoms with Crippen molar-refractivity contribution in [3.8, 4) is 11.4 Å². The molecule has 1 fully saturated rings. The van der Waals surface area contributed by atoms with Gasteiger partial charge in [-0.05, 0) is 67.9 Å². The van der Waals surface area contributed by atoms with Crippen LogP contribution in [0.3, 0.4) is 0 Å². The molecule has 4 aromatic rings. The summed E-state index contributed by atoms with van der Waals surface area (Å²) in [6.45, 7) is 3.78. The van der Waals surface area contributed by atoms with Crippen molar-refractivity contribution in [2.75, 3.05) is 26.7 Å². The number of amides is 1. The van der Waals surface area contributed by atoms with Crippen LogP contribution in [0, 0.1) is 5.41 Å². The summed E-state index contributed by atoms with van der Waals surface area (Å²) in [6, 6.07) is 32.2. The van der Waals surface area contributed by atoms with Crippen molar-refractivity contribution >= 4 is 17.5 Å². The molecule has 0 saturated carbocycles. The van der Waals surface area contributed by atoms with E-state index in [2.05, 4.69) is 39.9 Å². The molecular weight excluding hydrogens is 506 g/mol. The van der Waals surface area contributed by atoms with E-state index < -0.39 is 0 Å². The minimum absolute atomic E-state index is 0.163. The van der Waals surface area contributed by atoms with Gasteiger partial charge in [-0.3, -0.25) is 9.69 Å². The molecule has 1 aliphatic heterocycles. The maximum Gasteiger partial charge on any atom is 0.223 e. The standard InChI is InChI=1S/C33H36ClN3O2/c1-35(24-27-11-4-2-5-12-27)32(38)23-33(26-39-29-14-6-3-7-15-29)18-21-36(22-19-33)25-28-13-10-20-37(28)31-17-9-8-16-30(31)34/h2-17,20H,18-19,21-26H2,1H3. The van der Waals surface area contributed by atoms with E-state index in [0.717, 1.165) is 54.5 Å². The van der Waals surface area contributed by atoms with Crippen molar-refractivity contribution in [2.24, 2.45) is 5.41 Å². The Labute approximate surface area is 236 Å². The highest BCUT2D eigenvalue weighted by atomic mass is 35.5. The minimum atomic E-state index is -0.209. The summed E-state index contributed by atoms with van der Waals surface area (Å²) < 4.78 is 8.44. The van der Waals surface area contributed by atoms with Crippen LogP contribution in [0.15, 0.2) is 103 Å². The Morgan fingerprint density at radius 2 is 1.56 bits per heavy atom. The van der Waals surface area contributed by atoms with Gasteiger partial charge in [0.05, 0.1) is 17.3 Å². The largest absolute Gasteiger partial charge is 0.493 e. The van der Waals surface area contributed by atoms with Crippen molar-refractivity contribution in [3.05, 3.63) is 120 Å². The number of nitrogens with zero attached hydrogens (tertiary/aromatic N) is 3. The van der Waals surface area contributed by atoms with E-state index >= 15 is 0 Å². The molecule has 1 aromatic heterocycles. The summed E-state index contributed by atoms with van der Waals surface area (Å²) in [5.74, 6) is 1.01. The Morgan fingerprint density at radius 3 is 2.28 bits per heavy atom. The van der Waals surface area contributed by atoms with Gasteiger partial charge in [-0.25, -0.2) is 0 Å². The second-order valence-corrected chi connectivity index (χ2v) is 11.0. The number of para-hydroxylation sites is 2. The number of benzene rings is 3. The van der Waals surface area contributed by atoms with Crippen molar-refractivity contribution in [2.45, 2.75) is 32.4 Å². The third-order valence-electron chi connectivity index (χ3n) is 7.75. The Balaban J connectivity index is 1.26. The predicted molar refractivity (Wildman–Crippen MR) is 157 cm³/mol. The molecule has 1 amide bonds. The molecule has 3 aromatic carbocycles. The summed E-state index contributed by atoms with van der Waals surface area (Å²) >= 11 is 6.49. The van der Waals surface area contributed by atoms with Gasteiger partial charge in [0.2, 0.25) is 5.91 Å². The minimum Gasteiger partial charge on any atom is -0.493 e. The summed E-state index contributed by atoms with van der Waals surface area (Å²) in [4.78, 5) is 17.8. The topological polar surface area (TPSA) is 37.7 Å². The molecule has 0 spiro atoms. The zero-order valence-electron chi connectivity index (χ0n) is 22.5. The quantitative estimate of drug-likeness (QED) is 0.220. The van der Waals surface area contributed by atoms with E-state index in [1.807, 2.05) is 84.7 Å². The molecule has 0 bridgehead atoms. The summed E-state index contributed by atoms with van der Waals surface area (Å²) in [5.41, 5.74) is 3.13. The second-order valence-electron chi connectivity index (χ2n) is 10.6. The maximum atomic E-state index is 13.4. The lowest BCUT2D eigenvalue weighted by Gasteiger charge is -2.42. The predicted octanol–water partition coefficient (Wildman–Crippen LogP) is 6.84. The number of hydrogen-bond donors (Lipinski definition) is 0. The average molecular weight is 542 g/mol. The number of likely N-dealkylation sites (tertiary alicyclic amines) is 1. The van der Waals surface area contributed by atoms with E-state index in [4.69, 9.17) is 16.3 Å². The molecule has 0 radical (unpaired) electrons. The van der Waals surface area contributed by atoms with E-state index in [1.54, 1.807) is 0 Å². The van der Waals surface area contributed by atoms with Crippen LogP contribution >= 0.6 is 11.6 Å². The Kier molecular flexibility index (Phi) is 8.70. The smallest absolute Gasteiger partial charge is 0.223 e. The third-order valence-corrected chi connectivity index (χ3v) is 8.07. The zero-order valence-corrected chi connectivity index (χ0v) is 23.3. The van der Waals surface area contributed by atoms with Gasteiger partial charge in [-0.2, -0.15) is 0 Å². The Bertz CT molecular complexity index is 1350. The molecule has 1 saturated heterocycles. The number of aromatic nitrogens is 1. The van der Waals surface area contributed by atoms with E-state index in [0.29, 0.717) is 19.6 Å². The molecule has 5 nitrogen and oxygen atoms in total. The number of carbonyl (C=O) groups excluding carboxylic acids is 1. The van der Waals surface area contributed by atoms with Crippen LogP contribution in [0.5, 0.6) is 5.75 Å². The van der Waals surface area contributed by atoms with Gasteiger partial charge in [-0.1, -0.05) is 72.3 Å². The molecule has 6 heteroatoms. The highest BCUT2D eigenvalue weighted by Gasteiger charge is 2.38. The zero-order chi connectivity index (χ0) is 27.1. The number of rotatable bonds is 10. The monoisotopic (exact) mass is 541 g/mol. The molecule has 0 atom stereocenters. The molecule has 1 aliphatic rings. The number of piperidine rings is 1. The van der Waals surface area contributed by atoms with Gasteiger partial charge in [0.15, 0.2) is 0 Å². The fourth-order valence-electron chi connectivity index (χ4n) is 5.37. The van der Waals surface area contributed by atoms with Crippen molar-refractivity contribution in [1.29, 1.82) is 0 Å². The molecular formula is C33H36ClN3O2. The van der Waals surface area contributed by atoms with Crippen molar-refractivity contribution in [3.63, 3.8) is 0 Å². The highest BCUT2D eigenvalue weighted by molar-refractivity contribution is 6.32. The van der Waals surface area contributed by atoms with Crippen LogP contribution in [0.2, 0.25) is 5.02 Å². The van der Waals surface area contributed by atoms with Crippen molar-refractivity contribution in [1.82, 2.24) is 14.4 Å². The average Bonchev–Trinajstić information content (AvgIpc) is 3.42. The lowest BCUT2D eigenvalue weighted by atomic mass is 9.75. The number of halogens is 1. The van der Waals surface area contributed by atoms with Gasteiger partial charge in [0, 0.05) is 43.9 Å². The summed E-state index contributed by atoms with van der Waals surface area (Å²) in [6.07, 6.45) is 4.35. The summed E-state index contributed by atoms with van der Waals surface area (Å²) in [7, 11) is 1.90. The molecule has 39 heavy (non-hydrogen) atoms. The fourth-order valence-corrected chi connectivity index (χ4v) is 5.60. The van der Waals surface area contributed by atoms with Gasteiger partial charge < -0.3 is 14.2 Å². The molecule has 0 aliphatic carbocycles. The van der Waals surface area contributed by atoms with Crippen LogP contribution < -0.4 is 4.74 Å². The first-order valence-electron chi connectivity index (χ1n) is 13.6. The summed E-state index contributed by atoms with van der Waals surface area (Å²) in [5, 5.41) is 0.740.